The normalized spacial score (nSPS) is 9.19. The molecule has 4 nitrogen and oxygen atoms in total. The largest absolute Gasteiger partial charge is 0.478 e. The molecular weight excluding hydrogens is 232 g/mol. The Labute approximate surface area is 99.6 Å². The number of carbonyl (C=O) groups excluding carboxylic acids is 1. The Kier molecular flexibility index (Phi) is 4.98. The van der Waals surface area contributed by atoms with Crippen molar-refractivity contribution in [2.75, 3.05) is 7.11 Å². The summed E-state index contributed by atoms with van der Waals surface area (Å²) in [6, 6.07) is 3.01. The lowest BCUT2D eigenvalue weighted by atomic mass is 10.00. The number of methoxy groups -OCH3 is 1. The number of halogens is 1. The molecule has 0 heterocycles. The van der Waals surface area contributed by atoms with Crippen molar-refractivity contribution >= 4 is 24.3 Å². The number of rotatable bonds is 2. The van der Waals surface area contributed by atoms with Crippen LogP contribution in [0.15, 0.2) is 12.1 Å². The highest BCUT2D eigenvalue weighted by molar-refractivity contribution is 6.02. The van der Waals surface area contributed by atoms with E-state index in [-0.39, 0.29) is 23.5 Å². The van der Waals surface area contributed by atoms with Gasteiger partial charge in [-0.2, -0.15) is 0 Å². The molecule has 0 saturated heterocycles. The van der Waals surface area contributed by atoms with Gasteiger partial charge in [-0.15, -0.1) is 12.4 Å². The van der Waals surface area contributed by atoms with Crippen LogP contribution in [-0.2, 0) is 4.74 Å². The minimum absolute atomic E-state index is 0. The van der Waals surface area contributed by atoms with Gasteiger partial charge in [0.1, 0.15) is 0 Å². The number of carboxylic acid groups (broad SMARTS) is 1. The van der Waals surface area contributed by atoms with Gasteiger partial charge in [0, 0.05) is 0 Å². The summed E-state index contributed by atoms with van der Waals surface area (Å²) in [6.07, 6.45) is 0. The molecule has 0 fully saturated rings. The number of hydrogen-bond donors (Lipinski definition) is 1. The highest BCUT2D eigenvalue weighted by Gasteiger charge is 2.18. The molecule has 1 rings (SSSR count). The molecule has 0 aliphatic heterocycles. The molecule has 0 saturated carbocycles. The molecule has 0 atom stereocenters. The second-order valence-corrected chi connectivity index (χ2v) is 3.28. The lowest BCUT2D eigenvalue weighted by Crippen LogP contribution is -2.11. The van der Waals surface area contributed by atoms with E-state index in [1.54, 1.807) is 6.92 Å². The molecule has 5 heteroatoms. The molecule has 0 amide bonds. The Balaban J connectivity index is 0.00000225. The van der Waals surface area contributed by atoms with Gasteiger partial charge in [-0.3, -0.25) is 0 Å². The van der Waals surface area contributed by atoms with Crippen molar-refractivity contribution in [3.63, 3.8) is 0 Å². The van der Waals surface area contributed by atoms with Gasteiger partial charge in [0.2, 0.25) is 0 Å². The number of aryl methyl sites for hydroxylation is 2. The molecule has 0 aliphatic carbocycles. The zero-order valence-corrected chi connectivity index (χ0v) is 10.1. The summed E-state index contributed by atoms with van der Waals surface area (Å²) in [4.78, 5) is 22.2. The topological polar surface area (TPSA) is 63.6 Å². The van der Waals surface area contributed by atoms with E-state index >= 15 is 0 Å². The van der Waals surface area contributed by atoms with Crippen LogP contribution in [0.3, 0.4) is 0 Å². The molecule has 0 aliphatic rings. The lowest BCUT2D eigenvalue weighted by Gasteiger charge is -2.07. The van der Waals surface area contributed by atoms with Crippen molar-refractivity contribution in [2.24, 2.45) is 0 Å². The number of benzene rings is 1. The maximum atomic E-state index is 11.3. The monoisotopic (exact) mass is 244 g/mol. The second-order valence-electron chi connectivity index (χ2n) is 3.28. The van der Waals surface area contributed by atoms with E-state index in [0.29, 0.717) is 0 Å². The highest BCUT2D eigenvalue weighted by Crippen LogP contribution is 2.17. The summed E-state index contributed by atoms with van der Waals surface area (Å²) in [6.45, 7) is 3.61. The zero-order chi connectivity index (χ0) is 11.6. The Morgan fingerprint density at radius 2 is 1.56 bits per heavy atom. The molecule has 0 unspecified atom stereocenters. The molecule has 1 aromatic rings. The Morgan fingerprint density at radius 3 is 1.94 bits per heavy atom. The lowest BCUT2D eigenvalue weighted by molar-refractivity contribution is 0.0582. The van der Waals surface area contributed by atoms with Crippen LogP contribution in [0, 0.1) is 13.8 Å². The molecule has 0 aromatic heterocycles. The van der Waals surface area contributed by atoms with Crippen molar-refractivity contribution in [1.82, 2.24) is 0 Å². The summed E-state index contributed by atoms with van der Waals surface area (Å²) >= 11 is 0. The van der Waals surface area contributed by atoms with Crippen LogP contribution < -0.4 is 0 Å². The van der Waals surface area contributed by atoms with Gasteiger partial charge in [0.05, 0.1) is 18.2 Å². The van der Waals surface area contributed by atoms with Crippen molar-refractivity contribution < 1.29 is 19.4 Å². The maximum absolute atomic E-state index is 11.3. The van der Waals surface area contributed by atoms with Gasteiger partial charge in [-0.05, 0) is 37.1 Å². The zero-order valence-electron chi connectivity index (χ0n) is 9.23. The smallest absolute Gasteiger partial charge is 0.338 e. The molecular formula is C11H13ClO4. The van der Waals surface area contributed by atoms with Gasteiger partial charge in [0.25, 0.3) is 0 Å². The standard InChI is InChI=1S/C11H12O4.ClH/c1-6-4-8(10(12)13)9(5-7(6)2)11(14)15-3;/h4-5H,1-3H3,(H,12,13);1H. The third kappa shape index (κ3) is 2.73. The Morgan fingerprint density at radius 1 is 1.12 bits per heavy atom. The first-order valence-corrected chi connectivity index (χ1v) is 4.40. The minimum atomic E-state index is -1.13. The van der Waals surface area contributed by atoms with Crippen molar-refractivity contribution in [1.29, 1.82) is 0 Å². The van der Waals surface area contributed by atoms with Crippen molar-refractivity contribution in [3.8, 4) is 0 Å². The third-order valence-corrected chi connectivity index (χ3v) is 2.27. The maximum Gasteiger partial charge on any atom is 0.338 e. The van der Waals surface area contributed by atoms with Crippen molar-refractivity contribution in [2.45, 2.75) is 13.8 Å². The molecule has 0 bridgehead atoms. The fourth-order valence-electron chi connectivity index (χ4n) is 1.27. The molecule has 16 heavy (non-hydrogen) atoms. The molecule has 0 spiro atoms. The highest BCUT2D eigenvalue weighted by atomic mass is 35.5. The number of esters is 1. The van der Waals surface area contributed by atoms with Gasteiger partial charge in [-0.1, -0.05) is 0 Å². The molecule has 1 N–H and O–H groups in total. The van der Waals surface area contributed by atoms with Crippen LogP contribution in [-0.4, -0.2) is 24.2 Å². The van der Waals surface area contributed by atoms with Crippen LogP contribution in [0.4, 0.5) is 0 Å². The summed E-state index contributed by atoms with van der Waals surface area (Å²) in [5.41, 5.74) is 1.76. The van der Waals surface area contributed by atoms with Crippen LogP contribution in [0.1, 0.15) is 31.8 Å². The van der Waals surface area contributed by atoms with E-state index in [4.69, 9.17) is 5.11 Å². The fraction of sp³-hybridized carbons (Fsp3) is 0.273. The van der Waals surface area contributed by atoms with E-state index in [9.17, 15) is 9.59 Å². The summed E-state index contributed by atoms with van der Waals surface area (Å²) < 4.78 is 4.52. The van der Waals surface area contributed by atoms with Crippen LogP contribution >= 0.6 is 12.4 Å². The number of hydrogen-bond acceptors (Lipinski definition) is 3. The third-order valence-electron chi connectivity index (χ3n) is 2.27. The number of aromatic carboxylic acids is 1. The quantitative estimate of drug-likeness (QED) is 0.811. The van der Waals surface area contributed by atoms with Gasteiger partial charge < -0.3 is 9.84 Å². The van der Waals surface area contributed by atoms with Gasteiger partial charge >= 0.3 is 11.9 Å². The SMILES string of the molecule is COC(=O)c1cc(C)c(C)cc1C(=O)O.Cl. The predicted octanol–water partition coefficient (Wildman–Crippen LogP) is 2.21. The van der Waals surface area contributed by atoms with Crippen LogP contribution in [0.2, 0.25) is 0 Å². The first-order valence-electron chi connectivity index (χ1n) is 4.40. The number of ether oxygens (including phenoxy) is 1. The minimum Gasteiger partial charge on any atom is -0.478 e. The van der Waals surface area contributed by atoms with E-state index in [2.05, 4.69) is 4.74 Å². The summed E-state index contributed by atoms with van der Waals surface area (Å²) in [7, 11) is 1.23. The van der Waals surface area contributed by atoms with Gasteiger partial charge in [0.15, 0.2) is 0 Å². The van der Waals surface area contributed by atoms with E-state index in [1.165, 1.54) is 19.2 Å². The first-order chi connectivity index (χ1) is 6.97. The van der Waals surface area contributed by atoms with Crippen molar-refractivity contribution in [3.05, 3.63) is 34.4 Å². The fourth-order valence-corrected chi connectivity index (χ4v) is 1.27. The second kappa shape index (κ2) is 5.51. The number of carboxylic acids is 1. The Hall–Kier alpha value is -1.55. The number of carbonyl (C=O) groups is 2. The summed E-state index contributed by atoms with van der Waals surface area (Å²) in [5.74, 6) is -1.76. The van der Waals surface area contributed by atoms with E-state index < -0.39 is 11.9 Å². The van der Waals surface area contributed by atoms with E-state index in [0.717, 1.165) is 11.1 Å². The van der Waals surface area contributed by atoms with Crippen LogP contribution in [0.25, 0.3) is 0 Å². The predicted molar refractivity (Wildman–Crippen MR) is 61.5 cm³/mol. The molecule has 0 radical (unpaired) electrons. The van der Waals surface area contributed by atoms with E-state index in [1.807, 2.05) is 6.92 Å². The molecule has 88 valence electrons. The molecule has 1 aromatic carbocycles. The average molecular weight is 245 g/mol. The van der Waals surface area contributed by atoms with Crippen LogP contribution in [0.5, 0.6) is 0 Å². The summed E-state index contributed by atoms with van der Waals surface area (Å²) in [5, 5.41) is 8.92. The average Bonchev–Trinajstić information content (AvgIpc) is 2.20. The Bertz CT molecular complexity index is 426. The first kappa shape index (κ1) is 14.5. The van der Waals surface area contributed by atoms with Gasteiger partial charge in [-0.25, -0.2) is 9.59 Å².